The van der Waals surface area contributed by atoms with E-state index in [4.69, 9.17) is 9.47 Å². The molecule has 4 aromatic rings. The molecular formula is C35H32F8O4S. The fraction of sp³-hybridized carbons (Fsp3) is 0.314. The van der Waals surface area contributed by atoms with E-state index in [9.17, 15) is 17.2 Å². The minimum absolute atomic E-state index is 0.0595. The fourth-order valence-electron chi connectivity index (χ4n) is 4.87. The lowest BCUT2D eigenvalue weighted by Gasteiger charge is -2.28. The Morgan fingerprint density at radius 1 is 0.542 bits per heavy atom. The van der Waals surface area contributed by atoms with Crippen molar-refractivity contribution in [1.82, 2.24) is 0 Å². The molecule has 0 spiro atoms. The molecule has 0 unspecified atom stereocenters. The Bertz CT molecular complexity index is 1900. The van der Waals surface area contributed by atoms with Crippen LogP contribution in [0.2, 0.25) is 0 Å². The number of hydrogen-bond donors (Lipinski definition) is 0. The van der Waals surface area contributed by atoms with Gasteiger partial charge in [-0.05, 0) is 67.0 Å². The zero-order valence-corrected chi connectivity index (χ0v) is 27.6. The third kappa shape index (κ3) is 6.48. The Labute approximate surface area is 273 Å². The lowest BCUT2D eigenvalue weighted by Crippen LogP contribution is -2.30. The molecule has 258 valence electrons. The summed E-state index contributed by atoms with van der Waals surface area (Å²) < 4.78 is 158. The minimum atomic E-state index is -6.29. The van der Waals surface area contributed by atoms with Gasteiger partial charge in [0, 0.05) is 5.56 Å². The molecule has 0 saturated heterocycles. The molecule has 13 heteroatoms. The molecule has 0 fully saturated rings. The maximum atomic E-state index is 15.2. The number of hydrogen-bond acceptors (Lipinski definition) is 4. The first-order valence-electron chi connectivity index (χ1n) is 14.9. The molecule has 4 aromatic carbocycles. The second-order valence-corrected chi connectivity index (χ2v) is 13.8. The second-order valence-electron chi connectivity index (χ2n) is 12.0. The van der Waals surface area contributed by atoms with Crippen molar-refractivity contribution in [3.8, 4) is 28.4 Å². The summed E-state index contributed by atoms with van der Waals surface area (Å²) in [4.78, 5) is -4.97. The van der Waals surface area contributed by atoms with Crippen molar-refractivity contribution in [3.63, 3.8) is 0 Å². The van der Waals surface area contributed by atoms with E-state index < -0.39 is 82.9 Å². The summed E-state index contributed by atoms with van der Waals surface area (Å²) in [5, 5.41) is 0. The summed E-state index contributed by atoms with van der Waals surface area (Å²) in [5.74, 6) is -20.8. The molecule has 0 aromatic heterocycles. The smallest absolute Gasteiger partial charge is 0.218 e. The lowest BCUT2D eigenvalue weighted by atomic mass is 9.81. The summed E-state index contributed by atoms with van der Waals surface area (Å²) in [6.45, 7) is 9.86. The van der Waals surface area contributed by atoms with Gasteiger partial charge in [0.05, 0.1) is 0 Å². The first kappa shape index (κ1) is 36.7. The molecule has 0 bridgehead atoms. The van der Waals surface area contributed by atoms with Gasteiger partial charge in [0.25, 0.3) is 0 Å². The number of benzene rings is 4. The van der Waals surface area contributed by atoms with Gasteiger partial charge in [0.2, 0.25) is 27.2 Å². The molecular weight excluding hydrogens is 668 g/mol. The van der Waals surface area contributed by atoms with Crippen LogP contribution in [0.4, 0.5) is 35.1 Å². The Morgan fingerprint density at radius 3 is 1.29 bits per heavy atom. The van der Waals surface area contributed by atoms with Gasteiger partial charge < -0.3 is 9.47 Å². The van der Waals surface area contributed by atoms with E-state index in [1.54, 1.807) is 24.3 Å². The van der Waals surface area contributed by atoms with Crippen LogP contribution in [0.15, 0.2) is 58.3 Å². The highest BCUT2D eigenvalue weighted by Crippen LogP contribution is 2.42. The Kier molecular flexibility index (Phi) is 10.3. The molecule has 4 rings (SSSR count). The summed E-state index contributed by atoms with van der Waals surface area (Å²) >= 11 is 0. The average molecular weight is 701 g/mol. The normalized spacial score (nSPS) is 12.4. The Morgan fingerprint density at radius 2 is 0.917 bits per heavy atom. The van der Waals surface area contributed by atoms with Crippen molar-refractivity contribution in [1.29, 1.82) is 0 Å². The summed E-state index contributed by atoms with van der Waals surface area (Å²) in [7, 11) is -6.29. The highest BCUT2D eigenvalue weighted by molar-refractivity contribution is 7.91. The van der Waals surface area contributed by atoms with Gasteiger partial charge >= 0.3 is 0 Å². The van der Waals surface area contributed by atoms with Gasteiger partial charge in [-0.1, -0.05) is 58.9 Å². The standard InChI is InChI=1S/C35H32F8O4S/c1-7-34(4,5)22-23(36)27(40)32(28(41)24(22)37)48(44,45)33-29(42)25(38)31(26(39)30(33)43)46-20-14-10-18(11-15-20)19-12-16-21(17-13-19)47-35(6,8-2)9-3/h10-17H,7-9H2,1-6H3. The van der Waals surface area contributed by atoms with Crippen molar-refractivity contribution >= 4 is 9.84 Å². The molecule has 0 amide bonds. The van der Waals surface area contributed by atoms with E-state index in [0.717, 1.165) is 12.8 Å². The van der Waals surface area contributed by atoms with E-state index >= 15 is 26.3 Å². The Balaban J connectivity index is 1.69. The SMILES string of the molecule is CCC(C)(CC)Oc1ccc(-c2ccc(Oc3c(F)c(F)c(S(=O)(=O)c4c(F)c(F)c(C(C)(C)CC)c(F)c4F)c(F)c3F)cc2)cc1. The number of halogens is 8. The quantitative estimate of drug-likeness (QED) is 0.115. The second kappa shape index (κ2) is 13.4. The van der Waals surface area contributed by atoms with Crippen LogP contribution in [-0.2, 0) is 15.3 Å². The van der Waals surface area contributed by atoms with Crippen molar-refractivity contribution in [3.05, 3.63) is 101 Å². The maximum absolute atomic E-state index is 15.2. The molecule has 0 radical (unpaired) electrons. The highest BCUT2D eigenvalue weighted by atomic mass is 32.2. The fourth-order valence-corrected chi connectivity index (χ4v) is 6.37. The first-order chi connectivity index (χ1) is 22.3. The van der Waals surface area contributed by atoms with Crippen LogP contribution in [0.25, 0.3) is 11.1 Å². The van der Waals surface area contributed by atoms with Crippen molar-refractivity contribution in [2.45, 2.75) is 81.6 Å². The molecule has 4 nitrogen and oxygen atoms in total. The largest absolute Gasteiger partial charge is 0.488 e. The van der Waals surface area contributed by atoms with E-state index in [2.05, 4.69) is 0 Å². The van der Waals surface area contributed by atoms with Crippen LogP contribution < -0.4 is 9.47 Å². The van der Waals surface area contributed by atoms with Crippen molar-refractivity contribution in [2.75, 3.05) is 0 Å². The van der Waals surface area contributed by atoms with Crippen LogP contribution in [0, 0.1) is 46.5 Å². The van der Waals surface area contributed by atoms with Crippen LogP contribution in [0.3, 0.4) is 0 Å². The third-order valence-corrected chi connectivity index (χ3v) is 10.4. The molecule has 0 atom stereocenters. The van der Waals surface area contributed by atoms with Gasteiger partial charge in [0.1, 0.15) is 26.9 Å². The minimum Gasteiger partial charge on any atom is -0.488 e. The van der Waals surface area contributed by atoms with Gasteiger partial charge in [-0.2, -0.15) is 8.78 Å². The highest BCUT2D eigenvalue weighted by Gasteiger charge is 2.42. The molecule has 0 aliphatic rings. The lowest BCUT2D eigenvalue weighted by molar-refractivity contribution is 0.0803. The predicted molar refractivity (Wildman–Crippen MR) is 163 cm³/mol. The van der Waals surface area contributed by atoms with Crippen LogP contribution in [-0.4, -0.2) is 14.0 Å². The van der Waals surface area contributed by atoms with E-state index in [1.807, 2.05) is 20.8 Å². The van der Waals surface area contributed by atoms with Crippen molar-refractivity contribution in [2.24, 2.45) is 0 Å². The summed E-state index contributed by atoms with van der Waals surface area (Å²) in [6.07, 6.45) is 1.53. The molecule has 0 N–H and O–H groups in total. The predicted octanol–water partition coefficient (Wildman–Crippen LogP) is 10.7. The van der Waals surface area contributed by atoms with Crippen LogP contribution in [0.1, 0.15) is 66.4 Å². The molecule has 0 saturated carbocycles. The van der Waals surface area contributed by atoms with Gasteiger partial charge in [-0.3, -0.25) is 0 Å². The summed E-state index contributed by atoms with van der Waals surface area (Å²) in [6, 6.07) is 12.4. The Hall–Kier alpha value is -4.13. The van der Waals surface area contributed by atoms with E-state index in [0.29, 0.717) is 16.9 Å². The van der Waals surface area contributed by atoms with Gasteiger partial charge in [-0.25, -0.2) is 34.8 Å². The zero-order chi connectivity index (χ0) is 35.9. The van der Waals surface area contributed by atoms with Gasteiger partial charge in [-0.15, -0.1) is 0 Å². The molecule has 0 heterocycles. The third-order valence-electron chi connectivity index (χ3n) is 8.63. The topological polar surface area (TPSA) is 52.6 Å². The van der Waals surface area contributed by atoms with Crippen LogP contribution in [0.5, 0.6) is 17.2 Å². The van der Waals surface area contributed by atoms with Crippen molar-refractivity contribution < 1.29 is 53.0 Å². The first-order valence-corrected chi connectivity index (χ1v) is 16.4. The molecule has 0 aliphatic carbocycles. The number of rotatable bonds is 11. The van der Waals surface area contributed by atoms with Gasteiger partial charge in [0.15, 0.2) is 34.9 Å². The number of ether oxygens (including phenoxy) is 2. The monoisotopic (exact) mass is 700 g/mol. The average Bonchev–Trinajstić information content (AvgIpc) is 3.05. The van der Waals surface area contributed by atoms with E-state index in [-0.39, 0.29) is 17.8 Å². The summed E-state index contributed by atoms with van der Waals surface area (Å²) in [5.41, 5.74) is -1.73. The number of sulfone groups is 1. The zero-order valence-electron chi connectivity index (χ0n) is 26.8. The van der Waals surface area contributed by atoms with Crippen LogP contribution >= 0.6 is 0 Å². The maximum Gasteiger partial charge on any atom is 0.218 e. The van der Waals surface area contributed by atoms with E-state index in [1.165, 1.54) is 45.0 Å². The molecule has 0 aliphatic heterocycles. The molecule has 48 heavy (non-hydrogen) atoms.